The van der Waals surface area contributed by atoms with E-state index in [9.17, 15) is 13.6 Å². The molecule has 0 aliphatic carbocycles. The molecule has 1 fully saturated rings. The molecule has 1 amide bonds. The summed E-state index contributed by atoms with van der Waals surface area (Å²) in [4.78, 5) is 23.9. The molecule has 5 rings (SSSR count). The van der Waals surface area contributed by atoms with E-state index >= 15 is 0 Å². The van der Waals surface area contributed by atoms with Crippen molar-refractivity contribution < 1.29 is 13.6 Å². The third-order valence-electron chi connectivity index (χ3n) is 6.09. The van der Waals surface area contributed by atoms with Gasteiger partial charge < -0.3 is 15.2 Å². The van der Waals surface area contributed by atoms with Crippen LogP contribution >= 0.6 is 11.8 Å². The van der Waals surface area contributed by atoms with Crippen molar-refractivity contribution in [3.63, 3.8) is 0 Å². The number of nitrogens with zero attached hydrogens (tertiary/aromatic N) is 3. The Morgan fingerprint density at radius 3 is 2.74 bits per heavy atom. The Morgan fingerprint density at radius 1 is 1.21 bits per heavy atom. The van der Waals surface area contributed by atoms with Crippen LogP contribution in [0.4, 0.5) is 14.5 Å². The number of hydrogen-bond acceptors (Lipinski definition) is 5. The molecule has 2 aromatic carbocycles. The van der Waals surface area contributed by atoms with E-state index in [4.69, 9.17) is 0 Å². The molecule has 3 heterocycles. The van der Waals surface area contributed by atoms with Gasteiger partial charge >= 0.3 is 0 Å². The monoisotopic (exact) mass is 482 g/mol. The Bertz CT molecular complexity index is 1310. The number of aromatic amines is 2. The quantitative estimate of drug-likeness (QED) is 0.340. The average molecular weight is 483 g/mol. The van der Waals surface area contributed by atoms with Crippen molar-refractivity contribution in [1.82, 2.24) is 25.1 Å². The van der Waals surface area contributed by atoms with E-state index in [2.05, 4.69) is 49.6 Å². The maximum atomic E-state index is 14.0. The summed E-state index contributed by atoms with van der Waals surface area (Å²) in [5.74, 6) is -0.488. The zero-order chi connectivity index (χ0) is 23.7. The lowest BCUT2D eigenvalue weighted by Crippen LogP contribution is -2.30. The standard InChI is InChI=1S/C24H24F2N6OS/c1-32-9-7-14(8-10-32)13-34-15-5-6-18-19(11-15)29-23(28-18)22-20(12-27-31-22)30-24(33)21-16(25)3-2-4-17(21)26/h2-6,11-12,14H,7-10,13H2,1H3,(H,27,31)(H,28,29)(H,30,33). The summed E-state index contributed by atoms with van der Waals surface area (Å²) >= 11 is 1.85. The minimum Gasteiger partial charge on any atom is -0.337 e. The van der Waals surface area contributed by atoms with Crippen LogP contribution in [0.15, 0.2) is 47.5 Å². The number of anilines is 1. The number of carbonyl (C=O) groups excluding carboxylic acids is 1. The molecule has 0 radical (unpaired) electrons. The number of imidazole rings is 1. The number of nitrogens with one attached hydrogen (secondary N) is 3. The maximum absolute atomic E-state index is 14.0. The molecule has 0 unspecified atom stereocenters. The Morgan fingerprint density at radius 2 is 1.97 bits per heavy atom. The van der Waals surface area contributed by atoms with Crippen LogP contribution in [0, 0.1) is 17.6 Å². The van der Waals surface area contributed by atoms with E-state index in [1.165, 1.54) is 25.1 Å². The first-order chi connectivity index (χ1) is 16.5. The average Bonchev–Trinajstić information content (AvgIpc) is 3.44. The molecule has 7 nitrogen and oxygen atoms in total. The van der Waals surface area contributed by atoms with Crippen molar-refractivity contribution in [3.05, 3.63) is 59.8 Å². The Kier molecular flexibility index (Phi) is 6.34. The number of hydrogen-bond donors (Lipinski definition) is 3. The number of rotatable bonds is 6. The van der Waals surface area contributed by atoms with E-state index in [0.717, 1.165) is 52.8 Å². The number of thioether (sulfide) groups is 1. The van der Waals surface area contributed by atoms with Crippen molar-refractivity contribution >= 4 is 34.4 Å². The molecule has 2 aromatic heterocycles. The molecule has 0 atom stereocenters. The number of halogens is 2. The van der Waals surface area contributed by atoms with Crippen LogP contribution in [-0.2, 0) is 0 Å². The zero-order valence-electron chi connectivity index (χ0n) is 18.6. The van der Waals surface area contributed by atoms with Gasteiger partial charge in [0.05, 0.1) is 22.9 Å². The van der Waals surface area contributed by atoms with Gasteiger partial charge in [0.2, 0.25) is 0 Å². The second-order valence-electron chi connectivity index (χ2n) is 8.53. The van der Waals surface area contributed by atoms with Crippen LogP contribution in [0.25, 0.3) is 22.6 Å². The summed E-state index contributed by atoms with van der Waals surface area (Å²) in [6, 6.07) is 9.36. The minimum atomic E-state index is -0.934. The maximum Gasteiger partial charge on any atom is 0.261 e. The number of fused-ring (bicyclic) bond motifs is 1. The summed E-state index contributed by atoms with van der Waals surface area (Å²) in [6.07, 6.45) is 3.83. The van der Waals surface area contributed by atoms with Gasteiger partial charge in [-0.1, -0.05) is 6.07 Å². The van der Waals surface area contributed by atoms with E-state index in [-0.39, 0.29) is 5.69 Å². The van der Waals surface area contributed by atoms with E-state index in [0.29, 0.717) is 11.5 Å². The van der Waals surface area contributed by atoms with Crippen molar-refractivity contribution in [1.29, 1.82) is 0 Å². The lowest BCUT2D eigenvalue weighted by molar-refractivity contribution is 0.101. The number of piperidine rings is 1. The predicted molar refractivity (Wildman–Crippen MR) is 129 cm³/mol. The van der Waals surface area contributed by atoms with Crippen LogP contribution in [0.2, 0.25) is 0 Å². The SMILES string of the molecule is CN1CCC(CSc2ccc3nc(-c4[nH]ncc4NC(=O)c4c(F)cccc4F)[nH]c3c2)CC1. The first-order valence-corrected chi connectivity index (χ1v) is 12.1. The number of H-pyrrole nitrogens is 2. The third-order valence-corrected chi connectivity index (χ3v) is 7.32. The summed E-state index contributed by atoms with van der Waals surface area (Å²) < 4.78 is 28.0. The van der Waals surface area contributed by atoms with Gasteiger partial charge in [0.1, 0.15) is 22.9 Å². The van der Waals surface area contributed by atoms with Gasteiger partial charge in [0.15, 0.2) is 5.82 Å². The fourth-order valence-electron chi connectivity index (χ4n) is 4.10. The van der Waals surface area contributed by atoms with Crippen molar-refractivity contribution in [2.24, 2.45) is 5.92 Å². The Balaban J connectivity index is 1.32. The van der Waals surface area contributed by atoms with Crippen LogP contribution in [-0.4, -0.2) is 56.9 Å². The second kappa shape index (κ2) is 9.55. The smallest absolute Gasteiger partial charge is 0.261 e. The number of benzene rings is 2. The number of amides is 1. The minimum absolute atomic E-state index is 0.267. The molecule has 3 N–H and O–H groups in total. The highest BCUT2D eigenvalue weighted by Crippen LogP contribution is 2.30. The van der Waals surface area contributed by atoms with Crippen molar-refractivity contribution in [3.8, 4) is 11.5 Å². The molecule has 0 saturated carbocycles. The topological polar surface area (TPSA) is 89.7 Å². The summed E-state index contributed by atoms with van der Waals surface area (Å²) in [5, 5.41) is 9.29. The van der Waals surface area contributed by atoms with E-state index in [1.54, 1.807) is 0 Å². The van der Waals surface area contributed by atoms with Gasteiger partial charge in [0.25, 0.3) is 5.91 Å². The molecule has 1 aliphatic heterocycles. The molecule has 34 heavy (non-hydrogen) atoms. The summed E-state index contributed by atoms with van der Waals surface area (Å²) in [6.45, 7) is 2.31. The molecular weight excluding hydrogens is 458 g/mol. The van der Waals surface area contributed by atoms with Gasteiger partial charge in [-0.15, -0.1) is 11.8 Å². The molecule has 1 saturated heterocycles. The van der Waals surface area contributed by atoms with Gasteiger partial charge in [-0.2, -0.15) is 5.10 Å². The molecular formula is C24H24F2N6OS. The fourth-order valence-corrected chi connectivity index (χ4v) is 5.23. The molecule has 1 aliphatic rings. The van der Waals surface area contributed by atoms with Gasteiger partial charge in [-0.3, -0.25) is 9.89 Å². The molecule has 4 aromatic rings. The number of likely N-dealkylation sites (tertiary alicyclic amines) is 1. The first-order valence-electron chi connectivity index (χ1n) is 11.1. The molecule has 10 heteroatoms. The lowest BCUT2D eigenvalue weighted by atomic mass is 10.00. The van der Waals surface area contributed by atoms with Crippen LogP contribution < -0.4 is 5.32 Å². The predicted octanol–water partition coefficient (Wildman–Crippen LogP) is 4.92. The highest BCUT2D eigenvalue weighted by atomic mass is 32.2. The first kappa shape index (κ1) is 22.5. The van der Waals surface area contributed by atoms with Gasteiger partial charge in [-0.25, -0.2) is 13.8 Å². The van der Waals surface area contributed by atoms with Crippen LogP contribution in [0.3, 0.4) is 0 Å². The Labute approximate surface area is 199 Å². The van der Waals surface area contributed by atoms with Gasteiger partial charge in [-0.05, 0) is 69.2 Å². The van der Waals surface area contributed by atoms with E-state index in [1.807, 2.05) is 17.8 Å². The molecule has 176 valence electrons. The highest BCUT2D eigenvalue weighted by Gasteiger charge is 2.21. The van der Waals surface area contributed by atoms with Crippen LogP contribution in [0.1, 0.15) is 23.2 Å². The number of carbonyl (C=O) groups is 1. The fraction of sp³-hybridized carbons (Fsp3) is 0.292. The highest BCUT2D eigenvalue weighted by molar-refractivity contribution is 7.99. The van der Waals surface area contributed by atoms with Crippen molar-refractivity contribution in [2.45, 2.75) is 17.7 Å². The summed E-state index contributed by atoms with van der Waals surface area (Å²) in [7, 11) is 2.17. The molecule has 0 bridgehead atoms. The normalized spacial score (nSPS) is 15.1. The molecule has 0 spiro atoms. The van der Waals surface area contributed by atoms with Crippen LogP contribution in [0.5, 0.6) is 0 Å². The van der Waals surface area contributed by atoms with E-state index < -0.39 is 23.1 Å². The number of aromatic nitrogens is 4. The lowest BCUT2D eigenvalue weighted by Gasteiger charge is -2.28. The van der Waals surface area contributed by atoms with Crippen molar-refractivity contribution in [2.75, 3.05) is 31.2 Å². The third kappa shape index (κ3) is 4.69. The Hall–Kier alpha value is -3.24. The largest absolute Gasteiger partial charge is 0.337 e. The zero-order valence-corrected chi connectivity index (χ0v) is 19.4. The second-order valence-corrected chi connectivity index (χ2v) is 9.62. The summed E-state index contributed by atoms with van der Waals surface area (Å²) in [5.41, 5.74) is 1.66. The van der Waals surface area contributed by atoms with Gasteiger partial charge in [0, 0.05) is 10.6 Å².